The van der Waals surface area contributed by atoms with Crippen molar-refractivity contribution in [3.63, 3.8) is 0 Å². The Kier molecular flexibility index (Phi) is 10.3. The summed E-state index contributed by atoms with van der Waals surface area (Å²) >= 11 is 0. The van der Waals surface area contributed by atoms with E-state index in [0.717, 1.165) is 17.1 Å². The number of hydrogen-bond donors (Lipinski definition) is 0. The van der Waals surface area contributed by atoms with Gasteiger partial charge in [0.15, 0.2) is 0 Å². The average molecular weight is 866 g/mol. The number of nitrogens with zero attached hydrogens (tertiary/aromatic N) is 1. The predicted octanol–water partition coefficient (Wildman–Crippen LogP) is 17.4. The first-order chi connectivity index (χ1) is 32.5. The maximum atomic E-state index is 2.52. The molecule has 0 heterocycles. The lowest BCUT2D eigenvalue weighted by atomic mass is 9.65. The average Bonchev–Trinajstić information content (AvgIpc) is 3.82. The van der Waals surface area contributed by atoms with Crippen LogP contribution in [0.5, 0.6) is 0 Å². The van der Waals surface area contributed by atoms with Crippen molar-refractivity contribution in [3.8, 4) is 22.3 Å². The van der Waals surface area contributed by atoms with Gasteiger partial charge >= 0.3 is 0 Å². The van der Waals surface area contributed by atoms with Gasteiger partial charge in [0, 0.05) is 17.1 Å². The minimum absolute atomic E-state index is 0.0366. The van der Waals surface area contributed by atoms with E-state index in [1.165, 1.54) is 83.5 Å². The van der Waals surface area contributed by atoms with Gasteiger partial charge in [-0.2, -0.15) is 0 Å². The SMILES string of the molecule is CC(C)c1ccc(N(c2ccc3c(c2)C(c2ccccc2)(c2ccc(C(C)(C)C)cc2)c2ccccc2-3)c2ccc3c(c2)C(c2ccccc2)(c2ccccc2C(C)C)c2ccccc2-3)cc1. The monoisotopic (exact) mass is 865 g/mol. The molecule has 2 aliphatic carbocycles. The highest BCUT2D eigenvalue weighted by Gasteiger charge is 2.49. The van der Waals surface area contributed by atoms with Gasteiger partial charge < -0.3 is 4.90 Å². The van der Waals surface area contributed by atoms with Crippen molar-refractivity contribution in [1.82, 2.24) is 0 Å². The standard InChI is InChI=1S/C66H59N/c1-44(2)46-30-36-51(37-31-46)67(53-39-41-58-56-26-16-19-29-61(56)66(63(58)43-53,49-22-12-9-13-23-49)59-27-17-14-24-54(59)45(3)4)52-38-40-57-55-25-15-18-28-60(55)65(62(57)42-52,48-20-10-8-11-21-48)50-34-32-47(33-35-50)64(5,6)7/h8-45H,1-7H3. The van der Waals surface area contributed by atoms with Crippen LogP contribution in [0.25, 0.3) is 22.3 Å². The van der Waals surface area contributed by atoms with E-state index < -0.39 is 10.8 Å². The molecule has 0 N–H and O–H groups in total. The fraction of sp³-hybridized carbons (Fsp3) is 0.182. The van der Waals surface area contributed by atoms with Gasteiger partial charge in [-0.25, -0.2) is 0 Å². The molecule has 2 atom stereocenters. The van der Waals surface area contributed by atoms with Crippen molar-refractivity contribution >= 4 is 17.1 Å². The molecule has 1 nitrogen and oxygen atoms in total. The Morgan fingerprint density at radius 2 is 0.761 bits per heavy atom. The molecule has 0 aromatic heterocycles. The first-order valence-electron chi connectivity index (χ1n) is 24.2. The van der Waals surface area contributed by atoms with E-state index in [9.17, 15) is 0 Å². The van der Waals surface area contributed by atoms with Crippen LogP contribution in [0.3, 0.4) is 0 Å². The maximum absolute atomic E-state index is 2.52. The summed E-state index contributed by atoms with van der Waals surface area (Å²) in [5.74, 6) is 0.750. The van der Waals surface area contributed by atoms with Gasteiger partial charge in [0.25, 0.3) is 0 Å². The van der Waals surface area contributed by atoms with Gasteiger partial charge in [-0.1, -0.05) is 230 Å². The molecule has 1 heteroatoms. The van der Waals surface area contributed by atoms with Crippen molar-refractivity contribution < 1.29 is 0 Å². The van der Waals surface area contributed by atoms with Crippen LogP contribution in [0, 0.1) is 0 Å². The van der Waals surface area contributed by atoms with E-state index in [1.807, 2.05) is 0 Å². The molecule has 328 valence electrons. The summed E-state index contributed by atoms with van der Waals surface area (Å²) < 4.78 is 0. The first-order valence-corrected chi connectivity index (χ1v) is 24.2. The summed E-state index contributed by atoms with van der Waals surface area (Å²) in [4.78, 5) is 2.51. The Hall–Kier alpha value is -7.22. The van der Waals surface area contributed by atoms with Gasteiger partial charge in [0.1, 0.15) is 0 Å². The van der Waals surface area contributed by atoms with Crippen molar-refractivity contribution in [1.29, 1.82) is 0 Å². The van der Waals surface area contributed by atoms with Crippen molar-refractivity contribution in [3.05, 3.63) is 280 Å². The second-order valence-corrected chi connectivity index (χ2v) is 20.4. The highest BCUT2D eigenvalue weighted by molar-refractivity contribution is 5.92. The predicted molar refractivity (Wildman–Crippen MR) is 283 cm³/mol. The molecule has 0 saturated heterocycles. The fourth-order valence-electron chi connectivity index (χ4n) is 11.8. The smallest absolute Gasteiger partial charge is 0.0717 e. The van der Waals surface area contributed by atoms with Gasteiger partial charge in [-0.15, -0.1) is 0 Å². The van der Waals surface area contributed by atoms with Crippen LogP contribution in [-0.2, 0) is 16.2 Å². The normalized spacial score (nSPS) is 17.0. The number of fused-ring (bicyclic) bond motifs is 6. The lowest BCUT2D eigenvalue weighted by molar-refractivity contribution is 0.589. The minimum atomic E-state index is -0.546. The lowest BCUT2D eigenvalue weighted by Crippen LogP contribution is -2.30. The molecule has 0 amide bonds. The zero-order chi connectivity index (χ0) is 46.1. The van der Waals surface area contributed by atoms with E-state index in [1.54, 1.807) is 0 Å². The molecule has 2 unspecified atom stereocenters. The zero-order valence-corrected chi connectivity index (χ0v) is 39.9. The van der Waals surface area contributed by atoms with Crippen LogP contribution in [0.4, 0.5) is 17.1 Å². The summed E-state index contributed by atoms with van der Waals surface area (Å²) in [5, 5.41) is 0. The molecule has 0 spiro atoms. The third-order valence-electron chi connectivity index (χ3n) is 15.0. The summed E-state index contributed by atoms with van der Waals surface area (Å²) in [7, 11) is 0. The highest BCUT2D eigenvalue weighted by atomic mass is 15.1. The van der Waals surface area contributed by atoms with Crippen molar-refractivity contribution in [2.45, 2.75) is 76.5 Å². The van der Waals surface area contributed by atoms with Crippen LogP contribution < -0.4 is 4.90 Å². The molecular formula is C66H59N. The number of anilines is 3. The van der Waals surface area contributed by atoms with Gasteiger partial charge in [-0.3, -0.25) is 0 Å². The van der Waals surface area contributed by atoms with Gasteiger partial charge in [0.05, 0.1) is 10.8 Å². The van der Waals surface area contributed by atoms with Crippen LogP contribution in [0.15, 0.2) is 218 Å². The quantitative estimate of drug-likeness (QED) is 0.140. The molecule has 0 fully saturated rings. The number of rotatable bonds is 9. The Balaban J connectivity index is 1.20. The maximum Gasteiger partial charge on any atom is 0.0717 e. The van der Waals surface area contributed by atoms with E-state index in [2.05, 4.69) is 272 Å². The molecule has 0 bridgehead atoms. The summed E-state index contributed by atoms with van der Waals surface area (Å²) in [6.07, 6.45) is 0. The second kappa shape index (κ2) is 16.3. The summed E-state index contributed by atoms with van der Waals surface area (Å²) in [6, 6.07) is 83.2. The third kappa shape index (κ3) is 6.57. The Morgan fingerprint density at radius 3 is 1.28 bits per heavy atom. The molecular weight excluding hydrogens is 807 g/mol. The zero-order valence-electron chi connectivity index (χ0n) is 39.9. The Morgan fingerprint density at radius 1 is 0.343 bits per heavy atom. The molecule has 2 aliphatic rings. The molecule has 9 aromatic rings. The third-order valence-corrected chi connectivity index (χ3v) is 15.0. The lowest BCUT2D eigenvalue weighted by Gasteiger charge is -2.37. The number of benzene rings is 9. The van der Waals surface area contributed by atoms with Crippen LogP contribution in [0.2, 0.25) is 0 Å². The molecule has 0 saturated carbocycles. The Bertz CT molecular complexity index is 3260. The van der Waals surface area contributed by atoms with E-state index >= 15 is 0 Å². The largest absolute Gasteiger partial charge is 0.310 e. The van der Waals surface area contributed by atoms with E-state index in [-0.39, 0.29) is 5.41 Å². The van der Waals surface area contributed by atoms with Crippen LogP contribution in [-0.4, -0.2) is 0 Å². The fourth-order valence-corrected chi connectivity index (χ4v) is 11.8. The summed E-state index contributed by atoms with van der Waals surface area (Å²) in [6.45, 7) is 16.1. The van der Waals surface area contributed by atoms with Crippen molar-refractivity contribution in [2.24, 2.45) is 0 Å². The topological polar surface area (TPSA) is 3.24 Å². The molecule has 0 radical (unpaired) electrons. The second-order valence-electron chi connectivity index (χ2n) is 20.4. The molecule has 67 heavy (non-hydrogen) atoms. The van der Waals surface area contributed by atoms with E-state index in [4.69, 9.17) is 0 Å². The Labute approximate surface area is 398 Å². The van der Waals surface area contributed by atoms with Gasteiger partial charge in [0.2, 0.25) is 0 Å². The first kappa shape index (κ1) is 42.4. The molecule has 11 rings (SSSR count). The number of hydrogen-bond acceptors (Lipinski definition) is 1. The van der Waals surface area contributed by atoms with Crippen LogP contribution >= 0.6 is 0 Å². The summed E-state index contributed by atoms with van der Waals surface area (Å²) in [5.41, 5.74) is 21.9. The van der Waals surface area contributed by atoms with E-state index in [0.29, 0.717) is 11.8 Å². The molecule has 0 aliphatic heterocycles. The molecule has 9 aromatic carbocycles. The van der Waals surface area contributed by atoms with Crippen molar-refractivity contribution in [2.75, 3.05) is 4.90 Å². The minimum Gasteiger partial charge on any atom is -0.310 e. The van der Waals surface area contributed by atoms with Gasteiger partial charge in [-0.05, 0) is 137 Å². The van der Waals surface area contributed by atoms with Crippen LogP contribution in [0.1, 0.15) is 121 Å². The highest BCUT2D eigenvalue weighted by Crippen LogP contribution is 2.60.